The molecule has 0 amide bonds. The second kappa shape index (κ2) is 4.76. The first-order chi connectivity index (χ1) is 7.28. The summed E-state index contributed by atoms with van der Waals surface area (Å²) in [4.78, 5) is 2.55. The number of likely N-dealkylation sites (tertiary alicyclic amines) is 1. The van der Waals surface area contributed by atoms with Gasteiger partial charge in [0.25, 0.3) is 0 Å². The van der Waals surface area contributed by atoms with Crippen LogP contribution in [0.15, 0.2) is 0 Å². The van der Waals surface area contributed by atoms with Gasteiger partial charge in [-0.3, -0.25) is 0 Å². The zero-order valence-corrected chi connectivity index (χ0v) is 10.4. The molecule has 2 aliphatic rings. The molecule has 0 radical (unpaired) electrons. The molecule has 0 spiro atoms. The van der Waals surface area contributed by atoms with Crippen molar-refractivity contribution in [1.82, 2.24) is 4.90 Å². The Morgan fingerprint density at radius 2 is 2.07 bits per heavy atom. The Bertz CT molecular complexity index is 247. The summed E-state index contributed by atoms with van der Waals surface area (Å²) >= 11 is 1.74. The third-order valence-corrected chi connectivity index (χ3v) is 5.09. The Kier molecular flexibility index (Phi) is 3.58. The molecule has 15 heavy (non-hydrogen) atoms. The lowest BCUT2D eigenvalue weighted by molar-refractivity contribution is 0.211. The number of hydrogen-bond donors (Lipinski definition) is 0. The summed E-state index contributed by atoms with van der Waals surface area (Å²) in [5, 5.41) is 9.17. The third kappa shape index (κ3) is 2.89. The van der Waals surface area contributed by atoms with E-state index in [4.69, 9.17) is 5.26 Å². The Labute approximate surface area is 97.0 Å². The molecule has 0 N–H and O–H groups in total. The summed E-state index contributed by atoms with van der Waals surface area (Å²) in [5.74, 6) is 1.04. The molecule has 84 valence electrons. The molecule has 0 aromatic rings. The van der Waals surface area contributed by atoms with Crippen LogP contribution in [-0.4, -0.2) is 35.5 Å². The number of piperidine rings is 1. The van der Waals surface area contributed by atoms with Gasteiger partial charge in [-0.2, -0.15) is 5.26 Å². The highest BCUT2D eigenvalue weighted by atomic mass is 32.2. The summed E-state index contributed by atoms with van der Waals surface area (Å²) in [5.41, 5.74) is 0. The first-order valence-electron chi connectivity index (χ1n) is 5.97. The molecule has 0 atom stereocenters. The van der Waals surface area contributed by atoms with Gasteiger partial charge in [0.05, 0.1) is 6.07 Å². The molecule has 0 bridgehead atoms. The molecule has 1 saturated heterocycles. The molecular weight excluding hydrogens is 204 g/mol. The second-order valence-electron chi connectivity index (χ2n) is 4.88. The first kappa shape index (κ1) is 11.3. The lowest BCUT2D eigenvalue weighted by Gasteiger charge is -2.36. The van der Waals surface area contributed by atoms with Gasteiger partial charge in [0.1, 0.15) is 4.75 Å². The normalized spacial score (nSPS) is 26.1. The molecule has 0 aromatic heterocycles. The van der Waals surface area contributed by atoms with E-state index in [0.717, 1.165) is 31.8 Å². The van der Waals surface area contributed by atoms with Gasteiger partial charge >= 0.3 is 0 Å². The Morgan fingerprint density at radius 3 is 2.53 bits per heavy atom. The van der Waals surface area contributed by atoms with E-state index in [1.807, 2.05) is 0 Å². The fourth-order valence-corrected chi connectivity index (χ4v) is 2.95. The van der Waals surface area contributed by atoms with Crippen LogP contribution in [0.5, 0.6) is 0 Å². The molecule has 1 heterocycles. The van der Waals surface area contributed by atoms with Crippen LogP contribution in [0.25, 0.3) is 0 Å². The molecule has 3 heteroatoms. The molecule has 2 fully saturated rings. The van der Waals surface area contributed by atoms with Gasteiger partial charge in [0, 0.05) is 13.1 Å². The monoisotopic (exact) mass is 224 g/mol. The number of thioether (sulfide) groups is 1. The quantitative estimate of drug-likeness (QED) is 0.734. The van der Waals surface area contributed by atoms with Crippen LogP contribution < -0.4 is 0 Å². The van der Waals surface area contributed by atoms with E-state index in [0.29, 0.717) is 0 Å². The fourth-order valence-electron chi connectivity index (χ4n) is 2.27. The minimum Gasteiger partial charge on any atom is -0.303 e. The van der Waals surface area contributed by atoms with Crippen LogP contribution in [0.3, 0.4) is 0 Å². The van der Waals surface area contributed by atoms with Crippen LogP contribution >= 0.6 is 11.8 Å². The first-order valence-corrected chi connectivity index (χ1v) is 7.19. The zero-order chi connectivity index (χ0) is 10.7. The summed E-state index contributed by atoms with van der Waals surface area (Å²) in [6.45, 7) is 3.52. The lowest BCUT2D eigenvalue weighted by atomic mass is 9.97. The minimum absolute atomic E-state index is 0.0733. The van der Waals surface area contributed by atoms with Crippen LogP contribution in [0.2, 0.25) is 0 Å². The Morgan fingerprint density at radius 1 is 1.40 bits per heavy atom. The van der Waals surface area contributed by atoms with Crippen LogP contribution in [0.4, 0.5) is 0 Å². The van der Waals surface area contributed by atoms with Crippen molar-refractivity contribution in [3.05, 3.63) is 0 Å². The van der Waals surface area contributed by atoms with Crippen molar-refractivity contribution in [2.75, 3.05) is 25.9 Å². The van der Waals surface area contributed by atoms with Crippen molar-refractivity contribution in [3.8, 4) is 6.07 Å². The van der Waals surface area contributed by atoms with Crippen LogP contribution in [0, 0.1) is 17.2 Å². The summed E-state index contributed by atoms with van der Waals surface area (Å²) in [6.07, 6.45) is 8.48. The van der Waals surface area contributed by atoms with Crippen molar-refractivity contribution in [2.45, 2.75) is 36.9 Å². The summed E-state index contributed by atoms with van der Waals surface area (Å²) < 4.78 is -0.0733. The standard InChI is InChI=1S/C12H20N2S/c1-15-12(10-13)5-8-14(9-6-12)7-4-11-2-3-11/h11H,2-9H2,1H3. The van der Waals surface area contributed by atoms with Crippen LogP contribution in [0.1, 0.15) is 32.1 Å². The largest absolute Gasteiger partial charge is 0.303 e. The third-order valence-electron chi connectivity index (χ3n) is 3.81. The number of nitrogens with zero attached hydrogens (tertiary/aromatic N) is 2. The fraction of sp³-hybridized carbons (Fsp3) is 0.917. The highest BCUT2D eigenvalue weighted by molar-refractivity contribution is 8.00. The van der Waals surface area contributed by atoms with E-state index < -0.39 is 0 Å². The van der Waals surface area contributed by atoms with Crippen molar-refractivity contribution in [2.24, 2.45) is 5.92 Å². The maximum Gasteiger partial charge on any atom is 0.104 e. The smallest absolute Gasteiger partial charge is 0.104 e. The second-order valence-corrected chi connectivity index (χ2v) is 6.07. The molecule has 1 aliphatic heterocycles. The van der Waals surface area contributed by atoms with E-state index in [2.05, 4.69) is 17.2 Å². The van der Waals surface area contributed by atoms with Gasteiger partial charge in [0.2, 0.25) is 0 Å². The van der Waals surface area contributed by atoms with Crippen LogP contribution in [-0.2, 0) is 0 Å². The van der Waals surface area contributed by atoms with E-state index >= 15 is 0 Å². The van der Waals surface area contributed by atoms with Crippen molar-refractivity contribution >= 4 is 11.8 Å². The highest BCUT2D eigenvalue weighted by Crippen LogP contribution is 2.35. The maximum atomic E-state index is 9.17. The predicted molar refractivity (Wildman–Crippen MR) is 64.9 cm³/mol. The topological polar surface area (TPSA) is 27.0 Å². The highest BCUT2D eigenvalue weighted by Gasteiger charge is 2.34. The van der Waals surface area contributed by atoms with Gasteiger partial charge in [0.15, 0.2) is 0 Å². The van der Waals surface area contributed by atoms with Gasteiger partial charge in [-0.25, -0.2) is 0 Å². The SMILES string of the molecule is CSC1(C#N)CCN(CCC2CC2)CC1. The van der Waals surface area contributed by atoms with Crippen molar-refractivity contribution in [1.29, 1.82) is 5.26 Å². The van der Waals surface area contributed by atoms with E-state index in [9.17, 15) is 0 Å². The number of hydrogen-bond acceptors (Lipinski definition) is 3. The van der Waals surface area contributed by atoms with Crippen molar-refractivity contribution < 1.29 is 0 Å². The van der Waals surface area contributed by atoms with Gasteiger partial charge < -0.3 is 4.90 Å². The summed E-state index contributed by atoms with van der Waals surface area (Å²) in [6, 6.07) is 2.50. The van der Waals surface area contributed by atoms with E-state index in [-0.39, 0.29) is 4.75 Å². The molecule has 2 rings (SSSR count). The van der Waals surface area contributed by atoms with Gasteiger partial charge in [-0.05, 0) is 38.0 Å². The Balaban J connectivity index is 1.73. The van der Waals surface area contributed by atoms with Gasteiger partial charge in [-0.1, -0.05) is 12.8 Å². The summed E-state index contributed by atoms with van der Waals surface area (Å²) in [7, 11) is 0. The average molecular weight is 224 g/mol. The molecule has 0 unspecified atom stereocenters. The molecule has 2 nitrogen and oxygen atoms in total. The molecule has 1 saturated carbocycles. The van der Waals surface area contributed by atoms with E-state index in [1.54, 1.807) is 11.8 Å². The predicted octanol–water partition coefficient (Wildman–Crippen LogP) is 2.51. The van der Waals surface area contributed by atoms with Gasteiger partial charge in [-0.15, -0.1) is 11.8 Å². The zero-order valence-electron chi connectivity index (χ0n) is 9.54. The molecule has 0 aromatic carbocycles. The molecular formula is C12H20N2S. The number of nitriles is 1. The maximum absolute atomic E-state index is 9.17. The Hall–Kier alpha value is -0.200. The lowest BCUT2D eigenvalue weighted by Crippen LogP contribution is -2.41. The molecule has 1 aliphatic carbocycles. The number of rotatable bonds is 4. The van der Waals surface area contributed by atoms with E-state index in [1.165, 1.54) is 25.8 Å². The average Bonchev–Trinajstić information content (AvgIpc) is 3.11. The van der Waals surface area contributed by atoms with Crippen molar-refractivity contribution in [3.63, 3.8) is 0 Å². The minimum atomic E-state index is -0.0733.